The molecular formula is C12H13ClF3NO2. The van der Waals surface area contributed by atoms with Crippen LogP contribution in [0.25, 0.3) is 0 Å². The highest BCUT2D eigenvalue weighted by molar-refractivity contribution is 6.31. The number of benzene rings is 1. The van der Waals surface area contributed by atoms with E-state index in [1.54, 1.807) is 6.92 Å². The van der Waals surface area contributed by atoms with E-state index in [1.807, 2.05) is 0 Å². The van der Waals surface area contributed by atoms with E-state index < -0.39 is 23.8 Å². The number of alkyl halides is 3. The number of carbonyl (C=O) groups excluding carboxylic acids is 1. The van der Waals surface area contributed by atoms with Crippen molar-refractivity contribution in [1.29, 1.82) is 0 Å². The van der Waals surface area contributed by atoms with Crippen LogP contribution in [-0.2, 0) is 15.7 Å². The van der Waals surface area contributed by atoms with Crippen LogP contribution in [0.5, 0.6) is 0 Å². The minimum absolute atomic E-state index is 0.119. The van der Waals surface area contributed by atoms with Crippen LogP contribution in [0, 0.1) is 0 Å². The zero-order chi connectivity index (χ0) is 14.6. The van der Waals surface area contributed by atoms with Crippen LogP contribution >= 0.6 is 11.6 Å². The van der Waals surface area contributed by atoms with Crippen LogP contribution in [0.1, 0.15) is 30.5 Å². The molecule has 0 spiro atoms. The van der Waals surface area contributed by atoms with Crippen molar-refractivity contribution in [2.24, 2.45) is 5.73 Å². The summed E-state index contributed by atoms with van der Waals surface area (Å²) in [5.41, 5.74) is 4.42. The summed E-state index contributed by atoms with van der Waals surface area (Å²) in [6, 6.07) is 2.21. The second-order valence-electron chi connectivity index (χ2n) is 3.81. The normalized spacial score (nSPS) is 13.2. The number of hydrogen-bond donors (Lipinski definition) is 1. The van der Waals surface area contributed by atoms with E-state index >= 15 is 0 Å². The fourth-order valence-corrected chi connectivity index (χ4v) is 1.98. The average Bonchev–Trinajstić information content (AvgIpc) is 2.27. The van der Waals surface area contributed by atoms with Gasteiger partial charge in [-0.05, 0) is 19.1 Å². The van der Waals surface area contributed by atoms with E-state index in [1.165, 1.54) is 12.1 Å². The highest BCUT2D eigenvalue weighted by atomic mass is 35.5. The van der Waals surface area contributed by atoms with Crippen LogP contribution < -0.4 is 5.73 Å². The van der Waals surface area contributed by atoms with E-state index in [4.69, 9.17) is 17.3 Å². The Bertz CT molecular complexity index is 463. The van der Waals surface area contributed by atoms with E-state index in [0.29, 0.717) is 0 Å². The number of carbonyl (C=O) groups is 1. The maximum absolute atomic E-state index is 12.8. The molecule has 106 valence electrons. The maximum atomic E-state index is 12.8. The minimum Gasteiger partial charge on any atom is -0.466 e. The van der Waals surface area contributed by atoms with Crippen molar-refractivity contribution in [3.63, 3.8) is 0 Å². The van der Waals surface area contributed by atoms with Crippen molar-refractivity contribution in [1.82, 2.24) is 0 Å². The molecule has 0 aromatic heterocycles. The zero-order valence-corrected chi connectivity index (χ0v) is 10.9. The second kappa shape index (κ2) is 6.25. The molecule has 1 aromatic rings. The van der Waals surface area contributed by atoms with Gasteiger partial charge in [0, 0.05) is 16.6 Å². The molecular weight excluding hydrogens is 283 g/mol. The average molecular weight is 296 g/mol. The summed E-state index contributed by atoms with van der Waals surface area (Å²) in [7, 11) is 0. The van der Waals surface area contributed by atoms with Crippen molar-refractivity contribution in [3.8, 4) is 0 Å². The predicted molar refractivity (Wildman–Crippen MR) is 64.6 cm³/mol. The molecule has 0 aliphatic heterocycles. The lowest BCUT2D eigenvalue weighted by Gasteiger charge is -2.19. The molecule has 2 N–H and O–H groups in total. The quantitative estimate of drug-likeness (QED) is 0.867. The molecule has 1 rings (SSSR count). The van der Waals surface area contributed by atoms with Crippen LogP contribution in [0.15, 0.2) is 18.2 Å². The monoisotopic (exact) mass is 295 g/mol. The lowest BCUT2D eigenvalue weighted by atomic mass is 9.98. The topological polar surface area (TPSA) is 52.3 Å². The molecule has 0 aliphatic carbocycles. The van der Waals surface area contributed by atoms with Gasteiger partial charge in [0.2, 0.25) is 0 Å². The molecule has 0 aliphatic rings. The molecule has 1 atom stereocenters. The fraction of sp³-hybridized carbons (Fsp3) is 0.417. The molecule has 0 heterocycles. The molecule has 3 nitrogen and oxygen atoms in total. The lowest BCUT2D eigenvalue weighted by Crippen LogP contribution is -2.21. The van der Waals surface area contributed by atoms with Gasteiger partial charge in [0.1, 0.15) is 0 Å². The zero-order valence-electron chi connectivity index (χ0n) is 10.1. The summed E-state index contributed by atoms with van der Waals surface area (Å²) >= 11 is 5.76. The third kappa shape index (κ3) is 4.11. The van der Waals surface area contributed by atoms with Gasteiger partial charge in [0.15, 0.2) is 0 Å². The maximum Gasteiger partial charge on any atom is 0.416 e. The smallest absolute Gasteiger partial charge is 0.416 e. The van der Waals surface area contributed by atoms with Crippen molar-refractivity contribution in [2.45, 2.75) is 25.6 Å². The first-order valence-corrected chi connectivity index (χ1v) is 5.92. The van der Waals surface area contributed by atoms with Crippen LogP contribution in [-0.4, -0.2) is 12.6 Å². The Labute approximate surface area is 113 Å². The highest BCUT2D eigenvalue weighted by Crippen LogP contribution is 2.38. The molecule has 0 fully saturated rings. The van der Waals surface area contributed by atoms with Gasteiger partial charge < -0.3 is 10.5 Å². The van der Waals surface area contributed by atoms with E-state index in [9.17, 15) is 18.0 Å². The third-order valence-corrected chi connectivity index (χ3v) is 2.75. The van der Waals surface area contributed by atoms with Crippen molar-refractivity contribution in [2.75, 3.05) is 6.61 Å². The number of halogens is 4. The Morgan fingerprint density at radius 1 is 1.47 bits per heavy atom. The van der Waals surface area contributed by atoms with E-state index in [2.05, 4.69) is 4.74 Å². The molecule has 7 heteroatoms. The van der Waals surface area contributed by atoms with Gasteiger partial charge in [0.25, 0.3) is 0 Å². The number of esters is 1. The molecule has 0 unspecified atom stereocenters. The highest BCUT2D eigenvalue weighted by Gasteiger charge is 2.36. The van der Waals surface area contributed by atoms with Gasteiger partial charge in [-0.2, -0.15) is 13.2 Å². The summed E-state index contributed by atoms with van der Waals surface area (Å²) in [5, 5.41) is -0.119. The lowest BCUT2D eigenvalue weighted by molar-refractivity contribution is -0.144. The van der Waals surface area contributed by atoms with Crippen LogP contribution in [0.2, 0.25) is 5.02 Å². The largest absolute Gasteiger partial charge is 0.466 e. The van der Waals surface area contributed by atoms with Crippen molar-refractivity contribution in [3.05, 3.63) is 34.3 Å². The molecule has 0 radical (unpaired) electrons. The number of hydrogen-bond acceptors (Lipinski definition) is 3. The van der Waals surface area contributed by atoms with Crippen molar-refractivity contribution < 1.29 is 22.7 Å². The summed E-state index contributed by atoms with van der Waals surface area (Å²) in [4.78, 5) is 11.3. The summed E-state index contributed by atoms with van der Waals surface area (Å²) < 4.78 is 43.2. The van der Waals surface area contributed by atoms with Gasteiger partial charge in [-0.3, -0.25) is 4.79 Å². The Hall–Kier alpha value is -1.27. The fourth-order valence-electron chi connectivity index (χ4n) is 1.66. The predicted octanol–water partition coefficient (Wildman–Crippen LogP) is 3.31. The standard InChI is InChI=1S/C12H13ClF3NO2/c1-2-19-10(18)6-9(17)11-7(12(14,15)16)4-3-5-8(11)13/h3-5,9H,2,6,17H2,1H3/t9-/m0/s1. The molecule has 0 saturated carbocycles. The van der Waals surface area contributed by atoms with Gasteiger partial charge >= 0.3 is 12.1 Å². The molecule has 0 saturated heterocycles. The molecule has 19 heavy (non-hydrogen) atoms. The number of nitrogens with two attached hydrogens (primary N) is 1. The first kappa shape index (κ1) is 15.8. The SMILES string of the molecule is CCOC(=O)C[C@H](N)c1c(Cl)cccc1C(F)(F)F. The minimum atomic E-state index is -4.58. The van der Waals surface area contributed by atoms with Gasteiger partial charge in [-0.1, -0.05) is 17.7 Å². The first-order valence-electron chi connectivity index (χ1n) is 5.54. The Morgan fingerprint density at radius 3 is 2.63 bits per heavy atom. The van der Waals surface area contributed by atoms with Crippen LogP contribution in [0.4, 0.5) is 13.2 Å². The molecule has 1 aromatic carbocycles. The first-order chi connectivity index (χ1) is 8.77. The summed E-state index contributed by atoms with van der Waals surface area (Å²) in [6.45, 7) is 1.74. The van der Waals surface area contributed by atoms with E-state index in [-0.39, 0.29) is 23.6 Å². The Balaban J connectivity index is 3.08. The van der Waals surface area contributed by atoms with Gasteiger partial charge in [-0.25, -0.2) is 0 Å². The van der Waals surface area contributed by atoms with Crippen molar-refractivity contribution >= 4 is 17.6 Å². The van der Waals surface area contributed by atoms with Gasteiger partial charge in [0.05, 0.1) is 18.6 Å². The summed E-state index contributed by atoms with van der Waals surface area (Å²) in [5.74, 6) is -0.664. The number of rotatable bonds is 4. The molecule has 0 amide bonds. The second-order valence-corrected chi connectivity index (χ2v) is 4.22. The van der Waals surface area contributed by atoms with Gasteiger partial charge in [-0.15, -0.1) is 0 Å². The molecule has 0 bridgehead atoms. The third-order valence-electron chi connectivity index (χ3n) is 2.42. The Morgan fingerprint density at radius 2 is 2.11 bits per heavy atom. The summed E-state index contributed by atoms with van der Waals surface area (Å²) in [6.07, 6.45) is -4.94. The number of ether oxygens (including phenoxy) is 1. The van der Waals surface area contributed by atoms with E-state index in [0.717, 1.165) is 6.07 Å². The van der Waals surface area contributed by atoms with Crippen LogP contribution in [0.3, 0.4) is 0 Å². The Kier molecular flexibility index (Phi) is 5.20.